The Kier molecular flexibility index (Phi) is 4.54. The molecule has 118 valence electrons. The fourth-order valence-corrected chi connectivity index (χ4v) is 2.90. The molecule has 2 N–H and O–H groups in total. The number of carbonyl (C=O) groups excluding carboxylic acids is 1. The largest absolute Gasteiger partial charge is 0.331 e. The van der Waals surface area contributed by atoms with Crippen LogP contribution in [0.15, 0.2) is 35.6 Å². The van der Waals surface area contributed by atoms with E-state index in [1.54, 1.807) is 12.3 Å². The molecule has 0 atom stereocenters. The van der Waals surface area contributed by atoms with E-state index >= 15 is 0 Å². The molecule has 3 aromatic rings. The smallest absolute Gasteiger partial charge is 0.234 e. The third-order valence-electron chi connectivity index (χ3n) is 3.41. The first-order valence-electron chi connectivity index (χ1n) is 7.02. The number of hydrogen-bond donors (Lipinski definition) is 2. The third-order valence-corrected chi connectivity index (χ3v) is 4.49. The van der Waals surface area contributed by atoms with Gasteiger partial charge in [0, 0.05) is 11.9 Å². The van der Waals surface area contributed by atoms with Gasteiger partial charge in [-0.25, -0.2) is 9.97 Å². The molecule has 1 amide bonds. The van der Waals surface area contributed by atoms with Crippen molar-refractivity contribution in [2.24, 2.45) is 0 Å². The van der Waals surface area contributed by atoms with Gasteiger partial charge >= 0.3 is 0 Å². The summed E-state index contributed by atoms with van der Waals surface area (Å²) in [6, 6.07) is 7.62. The summed E-state index contributed by atoms with van der Waals surface area (Å²) in [6.45, 7) is 4.06. The van der Waals surface area contributed by atoms with Gasteiger partial charge in [-0.2, -0.15) is 0 Å². The average molecular weight is 347 g/mol. The minimum absolute atomic E-state index is 0.0790. The molecule has 23 heavy (non-hydrogen) atoms. The lowest BCUT2D eigenvalue weighted by atomic mass is 10.1. The van der Waals surface area contributed by atoms with Gasteiger partial charge < -0.3 is 10.3 Å². The fourth-order valence-electron chi connectivity index (χ4n) is 2.07. The molecule has 0 saturated heterocycles. The van der Waals surface area contributed by atoms with Gasteiger partial charge in [0.05, 0.1) is 16.3 Å². The topological polar surface area (TPSA) is 70.7 Å². The van der Waals surface area contributed by atoms with Crippen molar-refractivity contribution in [3.05, 3.63) is 46.6 Å². The molecule has 0 aliphatic rings. The summed E-state index contributed by atoms with van der Waals surface area (Å²) in [5.74, 6) is 0.185. The Labute approximate surface area is 142 Å². The highest BCUT2D eigenvalue weighted by Gasteiger charge is 2.09. The number of H-pyrrole nitrogens is 1. The summed E-state index contributed by atoms with van der Waals surface area (Å²) in [5, 5.41) is 4.07. The molecule has 3 rings (SSSR count). The van der Waals surface area contributed by atoms with Crippen molar-refractivity contribution in [3.8, 4) is 0 Å². The van der Waals surface area contributed by atoms with E-state index in [2.05, 4.69) is 20.3 Å². The van der Waals surface area contributed by atoms with E-state index in [4.69, 9.17) is 11.6 Å². The minimum atomic E-state index is -0.0790. The number of nitrogens with zero attached hydrogens (tertiary/aromatic N) is 2. The summed E-state index contributed by atoms with van der Waals surface area (Å²) in [4.78, 5) is 23.6. The van der Waals surface area contributed by atoms with Gasteiger partial charge in [-0.3, -0.25) is 4.79 Å². The van der Waals surface area contributed by atoms with Crippen LogP contribution in [0.25, 0.3) is 11.2 Å². The number of aromatic nitrogens is 3. The van der Waals surface area contributed by atoms with Crippen LogP contribution >= 0.6 is 23.4 Å². The lowest BCUT2D eigenvalue weighted by molar-refractivity contribution is -0.113. The maximum atomic E-state index is 12.0. The lowest BCUT2D eigenvalue weighted by Crippen LogP contribution is -2.14. The summed E-state index contributed by atoms with van der Waals surface area (Å²) >= 11 is 7.21. The number of pyridine rings is 1. The first kappa shape index (κ1) is 15.8. The Morgan fingerprint density at radius 2 is 2.13 bits per heavy atom. The average Bonchev–Trinajstić information content (AvgIpc) is 2.91. The third kappa shape index (κ3) is 3.83. The van der Waals surface area contributed by atoms with E-state index in [0.717, 1.165) is 16.8 Å². The number of fused-ring (bicyclic) bond motifs is 1. The number of benzene rings is 1. The zero-order valence-electron chi connectivity index (χ0n) is 12.7. The molecule has 0 unspecified atom stereocenters. The van der Waals surface area contributed by atoms with Crippen molar-refractivity contribution in [2.45, 2.75) is 19.0 Å². The van der Waals surface area contributed by atoms with E-state index in [0.29, 0.717) is 15.8 Å². The molecule has 2 aromatic heterocycles. The highest BCUT2D eigenvalue weighted by atomic mass is 35.5. The quantitative estimate of drug-likeness (QED) is 0.701. The van der Waals surface area contributed by atoms with E-state index in [-0.39, 0.29) is 11.7 Å². The maximum Gasteiger partial charge on any atom is 0.234 e. The van der Waals surface area contributed by atoms with Crippen LogP contribution in [0.3, 0.4) is 0 Å². The molecule has 5 nitrogen and oxygen atoms in total. The van der Waals surface area contributed by atoms with Crippen LogP contribution in [0.2, 0.25) is 5.02 Å². The van der Waals surface area contributed by atoms with Gasteiger partial charge in [0.1, 0.15) is 0 Å². The summed E-state index contributed by atoms with van der Waals surface area (Å²) in [5.41, 5.74) is 4.50. The Hall–Kier alpha value is -2.05. The molecule has 0 spiro atoms. The molecule has 0 saturated carbocycles. The van der Waals surface area contributed by atoms with E-state index in [1.807, 2.05) is 32.0 Å². The number of carbonyl (C=O) groups is 1. The number of thioether (sulfide) groups is 1. The van der Waals surface area contributed by atoms with Crippen molar-refractivity contribution in [2.75, 3.05) is 11.1 Å². The molecule has 0 aliphatic carbocycles. The fraction of sp³-hybridized carbons (Fsp3) is 0.188. The highest BCUT2D eigenvalue weighted by Crippen LogP contribution is 2.21. The van der Waals surface area contributed by atoms with Gasteiger partial charge in [0.25, 0.3) is 0 Å². The monoisotopic (exact) mass is 346 g/mol. The number of nitrogens with one attached hydrogen (secondary N) is 2. The zero-order valence-corrected chi connectivity index (χ0v) is 14.3. The van der Waals surface area contributed by atoms with Gasteiger partial charge in [-0.15, -0.1) is 0 Å². The number of aryl methyl sites for hydroxylation is 2. The number of aromatic amines is 1. The predicted molar refractivity (Wildman–Crippen MR) is 94.2 cm³/mol. The second-order valence-electron chi connectivity index (χ2n) is 5.20. The first-order chi connectivity index (χ1) is 11.0. The second-order valence-corrected chi connectivity index (χ2v) is 6.60. The zero-order chi connectivity index (χ0) is 16.4. The van der Waals surface area contributed by atoms with Crippen LogP contribution in [0.1, 0.15) is 11.1 Å². The molecule has 1 aromatic carbocycles. The summed E-state index contributed by atoms with van der Waals surface area (Å²) in [7, 11) is 0. The molecule has 0 fully saturated rings. The molecule has 0 aliphatic heterocycles. The number of imidazole rings is 1. The SMILES string of the molecule is Cc1ccc(NC(=O)CSc2nc3ncc(Cl)cc3[nH]2)cc1C. The van der Waals surface area contributed by atoms with Crippen molar-refractivity contribution in [1.82, 2.24) is 15.0 Å². The van der Waals surface area contributed by atoms with Crippen molar-refractivity contribution < 1.29 is 4.79 Å². The summed E-state index contributed by atoms with van der Waals surface area (Å²) in [6.07, 6.45) is 1.55. The van der Waals surface area contributed by atoms with Crippen LogP contribution in [0.4, 0.5) is 5.69 Å². The molecule has 0 bridgehead atoms. The Morgan fingerprint density at radius 3 is 2.91 bits per heavy atom. The second kappa shape index (κ2) is 6.60. The number of amides is 1. The maximum absolute atomic E-state index is 12.0. The number of halogens is 1. The number of anilines is 1. The standard InChI is InChI=1S/C16H15ClN4OS/c1-9-3-4-12(5-10(9)2)19-14(22)8-23-16-20-13-6-11(17)7-18-15(13)21-16/h3-7H,8H2,1-2H3,(H,19,22)(H,18,20,21). The highest BCUT2D eigenvalue weighted by molar-refractivity contribution is 7.99. The lowest BCUT2D eigenvalue weighted by Gasteiger charge is -2.07. The normalized spacial score (nSPS) is 10.9. The van der Waals surface area contributed by atoms with Gasteiger partial charge in [-0.1, -0.05) is 29.4 Å². The van der Waals surface area contributed by atoms with Crippen LogP contribution in [-0.2, 0) is 4.79 Å². The van der Waals surface area contributed by atoms with Gasteiger partial charge in [0.2, 0.25) is 5.91 Å². The number of rotatable bonds is 4. The Morgan fingerprint density at radius 1 is 1.30 bits per heavy atom. The van der Waals surface area contributed by atoms with Gasteiger partial charge in [0.15, 0.2) is 10.8 Å². The first-order valence-corrected chi connectivity index (χ1v) is 8.39. The Balaban J connectivity index is 1.62. The van der Waals surface area contributed by atoms with E-state index < -0.39 is 0 Å². The molecular formula is C16H15ClN4OS. The van der Waals surface area contributed by atoms with Crippen LogP contribution in [0, 0.1) is 13.8 Å². The molecule has 7 heteroatoms. The van der Waals surface area contributed by atoms with Crippen molar-refractivity contribution in [1.29, 1.82) is 0 Å². The van der Waals surface area contributed by atoms with Gasteiger partial charge in [-0.05, 0) is 43.2 Å². The minimum Gasteiger partial charge on any atom is -0.331 e. The molecular weight excluding hydrogens is 332 g/mol. The van der Waals surface area contributed by atoms with Crippen LogP contribution < -0.4 is 5.32 Å². The van der Waals surface area contributed by atoms with E-state index in [1.165, 1.54) is 17.3 Å². The van der Waals surface area contributed by atoms with Crippen LogP contribution in [-0.4, -0.2) is 26.6 Å². The molecule has 2 heterocycles. The predicted octanol–water partition coefficient (Wildman–Crippen LogP) is 3.96. The number of hydrogen-bond acceptors (Lipinski definition) is 4. The van der Waals surface area contributed by atoms with Crippen LogP contribution in [0.5, 0.6) is 0 Å². The molecule has 0 radical (unpaired) electrons. The Bertz CT molecular complexity index is 878. The van der Waals surface area contributed by atoms with Crippen molar-refractivity contribution in [3.63, 3.8) is 0 Å². The van der Waals surface area contributed by atoms with Crippen molar-refractivity contribution >= 4 is 46.1 Å². The summed E-state index contributed by atoms with van der Waals surface area (Å²) < 4.78 is 0. The van der Waals surface area contributed by atoms with E-state index in [9.17, 15) is 4.79 Å².